The van der Waals surface area contributed by atoms with Crippen LogP contribution in [-0.4, -0.2) is 50.5 Å². The van der Waals surface area contributed by atoms with Gasteiger partial charge >= 0.3 is 0 Å². The van der Waals surface area contributed by atoms with E-state index in [9.17, 15) is 13.2 Å². The lowest BCUT2D eigenvalue weighted by Gasteiger charge is -2.34. The Hall–Kier alpha value is -2.22. The number of sulfonamides is 1. The van der Waals surface area contributed by atoms with Crippen LogP contribution in [0.3, 0.4) is 0 Å². The Labute approximate surface area is 172 Å². The summed E-state index contributed by atoms with van der Waals surface area (Å²) in [4.78, 5) is 12.7. The smallest absolute Gasteiger partial charge is 0.251 e. The highest BCUT2D eigenvalue weighted by Crippen LogP contribution is 2.22. The molecule has 0 radical (unpaired) electrons. The van der Waals surface area contributed by atoms with E-state index in [4.69, 9.17) is 4.74 Å². The highest BCUT2D eigenvalue weighted by Gasteiger charge is 2.32. The van der Waals surface area contributed by atoms with Crippen LogP contribution in [-0.2, 0) is 14.8 Å². The Kier molecular flexibility index (Phi) is 6.72. The van der Waals surface area contributed by atoms with Crippen LogP contribution in [0.1, 0.15) is 42.6 Å². The number of ether oxygens (including phenoxy) is 1. The van der Waals surface area contributed by atoms with Crippen LogP contribution < -0.4 is 5.32 Å². The molecule has 6 nitrogen and oxygen atoms in total. The molecule has 1 N–H and O–H groups in total. The van der Waals surface area contributed by atoms with Gasteiger partial charge in [-0.2, -0.15) is 4.31 Å². The number of carbonyl (C=O) groups is 1. The number of amides is 1. The average molecular weight is 417 g/mol. The maximum absolute atomic E-state index is 13.0. The molecule has 156 valence electrons. The van der Waals surface area contributed by atoms with Crippen LogP contribution in [0, 0.1) is 0 Å². The van der Waals surface area contributed by atoms with E-state index in [0.717, 1.165) is 5.56 Å². The molecule has 0 aromatic heterocycles. The molecule has 0 saturated carbocycles. The Balaban J connectivity index is 1.70. The average Bonchev–Trinajstić information content (AvgIpc) is 2.71. The molecular formula is C22H28N2O4S. The van der Waals surface area contributed by atoms with Crippen LogP contribution in [0.15, 0.2) is 59.5 Å². The van der Waals surface area contributed by atoms with Gasteiger partial charge in [0.05, 0.1) is 17.1 Å². The largest absolute Gasteiger partial charge is 0.373 e. The second kappa shape index (κ2) is 9.07. The van der Waals surface area contributed by atoms with Gasteiger partial charge in [-0.25, -0.2) is 8.42 Å². The van der Waals surface area contributed by atoms with E-state index < -0.39 is 10.0 Å². The summed E-state index contributed by atoms with van der Waals surface area (Å²) >= 11 is 0. The van der Waals surface area contributed by atoms with Gasteiger partial charge in [-0.15, -0.1) is 0 Å². The number of morpholine rings is 1. The number of hydrogen-bond donors (Lipinski definition) is 1. The van der Waals surface area contributed by atoms with Gasteiger partial charge in [-0.1, -0.05) is 43.3 Å². The fraction of sp³-hybridized carbons (Fsp3) is 0.409. The van der Waals surface area contributed by atoms with Crippen LogP contribution in [0.5, 0.6) is 0 Å². The maximum atomic E-state index is 13.0. The zero-order chi connectivity index (χ0) is 21.0. The highest BCUT2D eigenvalue weighted by atomic mass is 32.2. The van der Waals surface area contributed by atoms with E-state index >= 15 is 0 Å². The molecular weight excluding hydrogens is 388 g/mol. The third kappa shape index (κ3) is 5.23. The van der Waals surface area contributed by atoms with Crippen LogP contribution in [0.4, 0.5) is 0 Å². The number of hydrogen-bond acceptors (Lipinski definition) is 4. The number of carbonyl (C=O) groups excluding carboxylic acids is 1. The molecule has 0 bridgehead atoms. The summed E-state index contributed by atoms with van der Waals surface area (Å²) in [6.45, 7) is 6.83. The number of rotatable bonds is 6. The Morgan fingerprint density at radius 3 is 2.41 bits per heavy atom. The summed E-state index contributed by atoms with van der Waals surface area (Å²) in [5.41, 5.74) is 1.47. The Bertz CT molecular complexity index is 936. The van der Waals surface area contributed by atoms with Gasteiger partial charge in [0.25, 0.3) is 5.91 Å². The second-order valence-corrected chi connectivity index (χ2v) is 9.57. The molecule has 1 heterocycles. The fourth-order valence-corrected chi connectivity index (χ4v) is 5.16. The van der Waals surface area contributed by atoms with Crippen LogP contribution >= 0.6 is 0 Å². The molecule has 29 heavy (non-hydrogen) atoms. The summed E-state index contributed by atoms with van der Waals surface area (Å²) in [6.07, 6.45) is -0.334. The van der Waals surface area contributed by atoms with Crippen molar-refractivity contribution in [1.82, 2.24) is 9.62 Å². The molecule has 1 amide bonds. The SMILES string of the molecule is CC1CN(S(=O)(=O)c2cccc(C(=O)NCC(C)c3ccccc3)c2)CC(C)O1. The molecule has 2 aromatic carbocycles. The molecule has 1 aliphatic heterocycles. The van der Waals surface area contributed by atoms with Gasteiger partial charge in [-0.05, 0) is 43.5 Å². The first-order valence-electron chi connectivity index (χ1n) is 9.86. The number of nitrogens with one attached hydrogen (secondary N) is 1. The van der Waals surface area contributed by atoms with Gasteiger partial charge in [0, 0.05) is 25.2 Å². The molecule has 3 atom stereocenters. The van der Waals surface area contributed by atoms with E-state index in [1.807, 2.05) is 51.1 Å². The fourth-order valence-electron chi connectivity index (χ4n) is 3.52. The van der Waals surface area contributed by atoms with E-state index in [1.54, 1.807) is 12.1 Å². The third-order valence-corrected chi connectivity index (χ3v) is 6.89. The van der Waals surface area contributed by atoms with E-state index in [-0.39, 0.29) is 28.9 Å². The first kappa shape index (κ1) is 21.5. The molecule has 1 aliphatic rings. The van der Waals surface area contributed by atoms with Crippen molar-refractivity contribution in [2.75, 3.05) is 19.6 Å². The molecule has 3 rings (SSSR count). The minimum atomic E-state index is -3.68. The topological polar surface area (TPSA) is 75.7 Å². The highest BCUT2D eigenvalue weighted by molar-refractivity contribution is 7.89. The quantitative estimate of drug-likeness (QED) is 0.785. The Morgan fingerprint density at radius 1 is 1.10 bits per heavy atom. The number of benzene rings is 2. The van der Waals surface area contributed by atoms with Crippen molar-refractivity contribution < 1.29 is 17.9 Å². The summed E-state index contributed by atoms with van der Waals surface area (Å²) in [5.74, 6) is -0.128. The van der Waals surface area contributed by atoms with E-state index in [1.165, 1.54) is 16.4 Å². The van der Waals surface area contributed by atoms with E-state index in [0.29, 0.717) is 25.2 Å². The van der Waals surface area contributed by atoms with Crippen molar-refractivity contribution in [1.29, 1.82) is 0 Å². The van der Waals surface area contributed by atoms with Gasteiger partial charge in [0.15, 0.2) is 0 Å². The van der Waals surface area contributed by atoms with Crippen molar-refractivity contribution in [2.45, 2.75) is 43.8 Å². The maximum Gasteiger partial charge on any atom is 0.251 e. The first-order valence-corrected chi connectivity index (χ1v) is 11.3. The molecule has 0 aliphatic carbocycles. The standard InChI is InChI=1S/C22H28N2O4S/c1-16(19-8-5-4-6-9-19)13-23-22(25)20-10-7-11-21(12-20)29(26,27)24-14-17(2)28-18(3)15-24/h4-12,16-18H,13-15H2,1-3H3,(H,23,25). The van der Waals surface area contributed by atoms with Crippen LogP contribution in [0.2, 0.25) is 0 Å². The van der Waals surface area contributed by atoms with Crippen molar-refractivity contribution in [3.05, 3.63) is 65.7 Å². The molecule has 1 saturated heterocycles. The van der Waals surface area contributed by atoms with Gasteiger partial charge in [-0.3, -0.25) is 4.79 Å². The molecule has 3 unspecified atom stereocenters. The lowest BCUT2D eigenvalue weighted by atomic mass is 10.0. The summed E-state index contributed by atoms with van der Waals surface area (Å²) in [6, 6.07) is 16.2. The monoisotopic (exact) mass is 416 g/mol. The molecule has 0 spiro atoms. The van der Waals surface area contributed by atoms with Gasteiger partial charge in [0.1, 0.15) is 0 Å². The van der Waals surface area contributed by atoms with Gasteiger partial charge < -0.3 is 10.1 Å². The lowest BCUT2D eigenvalue weighted by molar-refractivity contribution is -0.0440. The molecule has 2 aromatic rings. The zero-order valence-electron chi connectivity index (χ0n) is 17.0. The third-order valence-electron chi connectivity index (χ3n) is 5.06. The predicted octanol–water partition coefficient (Wildman–Crippen LogP) is 3.02. The number of nitrogens with zero attached hydrogens (tertiary/aromatic N) is 1. The minimum Gasteiger partial charge on any atom is -0.373 e. The first-order chi connectivity index (χ1) is 13.8. The normalized spacial score (nSPS) is 21.5. The van der Waals surface area contributed by atoms with E-state index in [2.05, 4.69) is 5.32 Å². The lowest BCUT2D eigenvalue weighted by Crippen LogP contribution is -2.48. The predicted molar refractivity (Wildman–Crippen MR) is 112 cm³/mol. The Morgan fingerprint density at radius 2 is 1.76 bits per heavy atom. The van der Waals surface area contributed by atoms with Crippen molar-refractivity contribution in [3.8, 4) is 0 Å². The summed E-state index contributed by atoms with van der Waals surface area (Å²) in [5, 5.41) is 2.90. The summed E-state index contributed by atoms with van der Waals surface area (Å²) in [7, 11) is -3.68. The van der Waals surface area contributed by atoms with Crippen LogP contribution in [0.25, 0.3) is 0 Å². The second-order valence-electron chi connectivity index (χ2n) is 7.63. The summed E-state index contributed by atoms with van der Waals surface area (Å²) < 4.78 is 33.1. The minimum absolute atomic E-state index is 0.127. The molecule has 7 heteroatoms. The molecule has 1 fully saturated rings. The van der Waals surface area contributed by atoms with Crippen molar-refractivity contribution in [3.63, 3.8) is 0 Å². The van der Waals surface area contributed by atoms with Gasteiger partial charge in [0.2, 0.25) is 10.0 Å². The zero-order valence-corrected chi connectivity index (χ0v) is 17.9. The van der Waals surface area contributed by atoms with Crippen molar-refractivity contribution in [2.24, 2.45) is 0 Å². The van der Waals surface area contributed by atoms with Crippen molar-refractivity contribution >= 4 is 15.9 Å².